The van der Waals surface area contributed by atoms with E-state index in [0.29, 0.717) is 5.56 Å². The number of nitro groups is 1. The minimum Gasteiger partial charge on any atom is -0.478 e. The summed E-state index contributed by atoms with van der Waals surface area (Å²) in [6, 6.07) is 9.51. The molecule has 0 aliphatic carbocycles. The van der Waals surface area contributed by atoms with Gasteiger partial charge in [-0.2, -0.15) is 0 Å². The SMILES string of the molecule is O=C(O)c1cccc(CNc2ccc([N+](=O)[O-])cc2F)c1. The van der Waals surface area contributed by atoms with Crippen molar-refractivity contribution in [2.45, 2.75) is 6.54 Å². The van der Waals surface area contributed by atoms with Crippen LogP contribution in [0.25, 0.3) is 0 Å². The van der Waals surface area contributed by atoms with E-state index in [4.69, 9.17) is 5.11 Å². The number of hydrogen-bond acceptors (Lipinski definition) is 4. The zero-order valence-corrected chi connectivity index (χ0v) is 10.7. The Bertz CT molecular complexity index is 703. The summed E-state index contributed by atoms with van der Waals surface area (Å²) in [5.74, 6) is -1.78. The molecule has 0 fully saturated rings. The van der Waals surface area contributed by atoms with Gasteiger partial charge >= 0.3 is 5.97 Å². The number of nitro benzene ring substituents is 1. The first-order valence-corrected chi connectivity index (χ1v) is 5.97. The largest absolute Gasteiger partial charge is 0.478 e. The summed E-state index contributed by atoms with van der Waals surface area (Å²) in [5.41, 5.74) is 0.582. The van der Waals surface area contributed by atoms with Crippen LogP contribution in [0.4, 0.5) is 15.8 Å². The molecule has 21 heavy (non-hydrogen) atoms. The fraction of sp³-hybridized carbons (Fsp3) is 0.0714. The number of anilines is 1. The van der Waals surface area contributed by atoms with Crippen molar-refractivity contribution in [1.29, 1.82) is 0 Å². The van der Waals surface area contributed by atoms with Gasteiger partial charge in [-0.15, -0.1) is 0 Å². The van der Waals surface area contributed by atoms with Crippen molar-refractivity contribution < 1.29 is 19.2 Å². The number of nitrogens with zero attached hydrogens (tertiary/aromatic N) is 1. The molecule has 108 valence electrons. The van der Waals surface area contributed by atoms with Crippen LogP contribution in [0.15, 0.2) is 42.5 Å². The minimum absolute atomic E-state index is 0.112. The number of halogens is 1. The predicted molar refractivity (Wildman–Crippen MR) is 73.8 cm³/mol. The van der Waals surface area contributed by atoms with Crippen molar-refractivity contribution in [2.24, 2.45) is 0 Å². The monoisotopic (exact) mass is 290 g/mol. The lowest BCUT2D eigenvalue weighted by Crippen LogP contribution is -2.04. The molecule has 6 nitrogen and oxygen atoms in total. The molecule has 2 rings (SSSR count). The summed E-state index contributed by atoms with van der Waals surface area (Å²) in [4.78, 5) is 20.7. The first-order valence-electron chi connectivity index (χ1n) is 5.97. The Hall–Kier alpha value is -2.96. The molecule has 0 amide bonds. The second-order valence-electron chi connectivity index (χ2n) is 4.28. The van der Waals surface area contributed by atoms with Gasteiger partial charge in [0.2, 0.25) is 0 Å². The Morgan fingerprint density at radius 2 is 2.05 bits per heavy atom. The Kier molecular flexibility index (Phi) is 4.13. The highest BCUT2D eigenvalue weighted by Gasteiger charge is 2.10. The van der Waals surface area contributed by atoms with Gasteiger partial charge in [0.25, 0.3) is 5.69 Å². The van der Waals surface area contributed by atoms with Gasteiger partial charge in [0.15, 0.2) is 5.82 Å². The van der Waals surface area contributed by atoms with Crippen LogP contribution in [0.3, 0.4) is 0 Å². The molecule has 0 spiro atoms. The van der Waals surface area contributed by atoms with E-state index in [1.807, 2.05) is 0 Å². The van der Waals surface area contributed by atoms with Crippen molar-refractivity contribution in [1.82, 2.24) is 0 Å². The molecule has 0 aliphatic rings. The van der Waals surface area contributed by atoms with Crippen LogP contribution in [0, 0.1) is 15.9 Å². The summed E-state index contributed by atoms with van der Waals surface area (Å²) in [5, 5.41) is 22.2. The zero-order chi connectivity index (χ0) is 15.4. The number of carboxylic acids is 1. The van der Waals surface area contributed by atoms with Gasteiger partial charge in [-0.1, -0.05) is 12.1 Å². The minimum atomic E-state index is -1.04. The maximum absolute atomic E-state index is 13.7. The lowest BCUT2D eigenvalue weighted by Gasteiger charge is -2.08. The molecule has 0 aliphatic heterocycles. The van der Waals surface area contributed by atoms with Crippen LogP contribution in [0.1, 0.15) is 15.9 Å². The van der Waals surface area contributed by atoms with E-state index >= 15 is 0 Å². The Morgan fingerprint density at radius 1 is 1.29 bits per heavy atom. The maximum Gasteiger partial charge on any atom is 0.335 e. The number of benzene rings is 2. The van der Waals surface area contributed by atoms with E-state index in [1.165, 1.54) is 24.3 Å². The van der Waals surface area contributed by atoms with Gasteiger partial charge in [-0.25, -0.2) is 9.18 Å². The molecule has 0 bridgehead atoms. The van der Waals surface area contributed by atoms with Gasteiger partial charge in [-0.3, -0.25) is 10.1 Å². The molecule has 0 atom stereocenters. The number of aromatic carboxylic acids is 1. The number of nitrogens with one attached hydrogen (secondary N) is 1. The van der Waals surface area contributed by atoms with Gasteiger partial charge in [0.05, 0.1) is 22.2 Å². The standard InChI is InChI=1S/C14H11FN2O4/c15-12-7-11(17(20)21)4-5-13(12)16-8-9-2-1-3-10(6-9)14(18)19/h1-7,16H,8H2,(H,18,19). The molecule has 2 aromatic carbocycles. The lowest BCUT2D eigenvalue weighted by molar-refractivity contribution is -0.385. The van der Waals surface area contributed by atoms with E-state index in [2.05, 4.69) is 5.32 Å². The van der Waals surface area contributed by atoms with E-state index in [1.54, 1.807) is 12.1 Å². The van der Waals surface area contributed by atoms with Gasteiger partial charge in [0.1, 0.15) is 0 Å². The van der Waals surface area contributed by atoms with Crippen LogP contribution in [-0.4, -0.2) is 16.0 Å². The van der Waals surface area contributed by atoms with Crippen molar-refractivity contribution in [2.75, 3.05) is 5.32 Å². The number of carbonyl (C=O) groups is 1. The summed E-state index contributed by atoms with van der Waals surface area (Å²) < 4.78 is 13.7. The molecule has 0 aromatic heterocycles. The summed E-state index contributed by atoms with van der Waals surface area (Å²) >= 11 is 0. The Morgan fingerprint density at radius 3 is 2.67 bits per heavy atom. The van der Waals surface area contributed by atoms with E-state index < -0.39 is 16.7 Å². The van der Waals surface area contributed by atoms with Gasteiger partial charge in [0, 0.05) is 12.6 Å². The second kappa shape index (κ2) is 6.00. The molecule has 2 N–H and O–H groups in total. The third kappa shape index (κ3) is 3.53. The topological polar surface area (TPSA) is 92.5 Å². The molecule has 2 aromatic rings. The summed E-state index contributed by atoms with van der Waals surface area (Å²) in [7, 11) is 0. The number of non-ortho nitro benzene ring substituents is 1. The van der Waals surface area contributed by atoms with Crippen LogP contribution < -0.4 is 5.32 Å². The average Bonchev–Trinajstić information content (AvgIpc) is 2.46. The average molecular weight is 290 g/mol. The summed E-state index contributed by atoms with van der Waals surface area (Å²) in [6.07, 6.45) is 0. The second-order valence-corrected chi connectivity index (χ2v) is 4.28. The van der Waals surface area contributed by atoms with E-state index in [0.717, 1.165) is 6.07 Å². The Balaban J connectivity index is 2.11. The quantitative estimate of drug-likeness (QED) is 0.652. The fourth-order valence-corrected chi connectivity index (χ4v) is 1.77. The molecule has 7 heteroatoms. The lowest BCUT2D eigenvalue weighted by atomic mass is 10.1. The molecule has 0 radical (unpaired) electrons. The molecular weight excluding hydrogens is 279 g/mol. The van der Waals surface area contributed by atoms with Crippen LogP contribution >= 0.6 is 0 Å². The molecule has 0 heterocycles. The third-order valence-electron chi connectivity index (χ3n) is 2.82. The maximum atomic E-state index is 13.7. The first-order chi connectivity index (χ1) is 9.97. The zero-order valence-electron chi connectivity index (χ0n) is 10.7. The summed E-state index contributed by atoms with van der Waals surface area (Å²) in [6.45, 7) is 0.204. The smallest absolute Gasteiger partial charge is 0.335 e. The number of rotatable bonds is 5. The molecule has 0 saturated carbocycles. The number of carboxylic acid groups (broad SMARTS) is 1. The van der Waals surface area contributed by atoms with Gasteiger partial charge < -0.3 is 10.4 Å². The van der Waals surface area contributed by atoms with Gasteiger partial charge in [-0.05, 0) is 23.8 Å². The Labute approximate surface area is 119 Å². The molecule has 0 saturated heterocycles. The fourth-order valence-electron chi connectivity index (χ4n) is 1.77. The third-order valence-corrected chi connectivity index (χ3v) is 2.82. The molecular formula is C14H11FN2O4. The van der Waals surface area contributed by atoms with E-state index in [-0.39, 0.29) is 23.5 Å². The normalized spacial score (nSPS) is 10.1. The highest BCUT2D eigenvalue weighted by Crippen LogP contribution is 2.21. The first kappa shape index (κ1) is 14.4. The highest BCUT2D eigenvalue weighted by atomic mass is 19.1. The molecule has 0 unspecified atom stereocenters. The predicted octanol–water partition coefficient (Wildman–Crippen LogP) is 3.04. The van der Waals surface area contributed by atoms with Crippen LogP contribution in [0.2, 0.25) is 0 Å². The van der Waals surface area contributed by atoms with Crippen molar-refractivity contribution >= 4 is 17.3 Å². The van der Waals surface area contributed by atoms with Crippen molar-refractivity contribution in [3.05, 3.63) is 69.5 Å². The van der Waals surface area contributed by atoms with Crippen LogP contribution in [-0.2, 0) is 6.54 Å². The van der Waals surface area contributed by atoms with Crippen molar-refractivity contribution in [3.8, 4) is 0 Å². The number of hydrogen-bond donors (Lipinski definition) is 2. The van der Waals surface area contributed by atoms with Crippen molar-refractivity contribution in [3.63, 3.8) is 0 Å². The highest BCUT2D eigenvalue weighted by molar-refractivity contribution is 5.87. The van der Waals surface area contributed by atoms with Crippen LogP contribution in [0.5, 0.6) is 0 Å². The van der Waals surface area contributed by atoms with E-state index in [9.17, 15) is 19.3 Å².